The lowest BCUT2D eigenvalue weighted by Crippen LogP contribution is -2.08. The van der Waals surface area contributed by atoms with Gasteiger partial charge in [-0.15, -0.1) is 0 Å². The van der Waals surface area contributed by atoms with Crippen molar-refractivity contribution in [3.63, 3.8) is 0 Å². The van der Waals surface area contributed by atoms with E-state index in [-0.39, 0.29) is 0 Å². The highest BCUT2D eigenvalue weighted by molar-refractivity contribution is 7.80. The van der Waals surface area contributed by atoms with E-state index in [0.717, 1.165) is 22.6 Å². The van der Waals surface area contributed by atoms with Crippen molar-refractivity contribution < 1.29 is 9.47 Å². The van der Waals surface area contributed by atoms with Crippen LogP contribution in [0.5, 0.6) is 11.5 Å². The maximum Gasteiger partial charge on any atom is 0.119 e. The molecule has 0 atom stereocenters. The van der Waals surface area contributed by atoms with Gasteiger partial charge in [-0.2, -0.15) is 0 Å². The van der Waals surface area contributed by atoms with Crippen molar-refractivity contribution in [2.24, 2.45) is 5.73 Å². The number of methoxy groups -OCH3 is 1. The Labute approximate surface area is 118 Å². The highest BCUT2D eigenvalue weighted by Crippen LogP contribution is 2.17. The predicted molar refractivity (Wildman–Crippen MR) is 79.7 cm³/mol. The van der Waals surface area contributed by atoms with E-state index < -0.39 is 0 Å². The molecule has 98 valence electrons. The fourth-order valence-corrected chi connectivity index (χ4v) is 1.78. The quantitative estimate of drug-likeness (QED) is 0.851. The minimum absolute atomic E-state index is 0.388. The number of rotatable bonds is 5. The van der Waals surface area contributed by atoms with Crippen LogP contribution in [0.1, 0.15) is 11.1 Å². The monoisotopic (exact) mass is 273 g/mol. The summed E-state index contributed by atoms with van der Waals surface area (Å²) in [5.74, 6) is 1.60. The van der Waals surface area contributed by atoms with Crippen LogP contribution in [0.15, 0.2) is 48.5 Å². The first-order chi connectivity index (χ1) is 9.19. The predicted octanol–water partition coefficient (Wildman–Crippen LogP) is 2.91. The van der Waals surface area contributed by atoms with Crippen molar-refractivity contribution >= 4 is 17.2 Å². The van der Waals surface area contributed by atoms with Crippen LogP contribution in [0.3, 0.4) is 0 Å². The third-order valence-corrected chi connectivity index (χ3v) is 2.91. The Morgan fingerprint density at radius 3 is 2.47 bits per heavy atom. The normalized spacial score (nSPS) is 9.95. The van der Waals surface area contributed by atoms with Crippen LogP contribution in [0.25, 0.3) is 0 Å². The van der Waals surface area contributed by atoms with E-state index in [9.17, 15) is 0 Å². The molecule has 19 heavy (non-hydrogen) atoms. The molecule has 0 aromatic heterocycles. The molecule has 0 aliphatic rings. The molecule has 0 radical (unpaired) electrons. The van der Waals surface area contributed by atoms with Crippen LogP contribution in [0, 0.1) is 0 Å². The summed E-state index contributed by atoms with van der Waals surface area (Å²) in [6.45, 7) is 0.490. The van der Waals surface area contributed by atoms with Crippen molar-refractivity contribution in [2.75, 3.05) is 7.11 Å². The van der Waals surface area contributed by atoms with E-state index in [1.807, 2.05) is 48.5 Å². The molecule has 0 amide bonds. The number of benzene rings is 2. The van der Waals surface area contributed by atoms with Crippen molar-refractivity contribution in [3.05, 3.63) is 59.7 Å². The van der Waals surface area contributed by atoms with Crippen molar-refractivity contribution in [1.29, 1.82) is 0 Å². The molecule has 3 nitrogen and oxygen atoms in total. The van der Waals surface area contributed by atoms with Crippen LogP contribution in [-0.4, -0.2) is 12.1 Å². The Kier molecular flexibility index (Phi) is 4.36. The van der Waals surface area contributed by atoms with Crippen LogP contribution in [0.4, 0.5) is 0 Å². The maximum absolute atomic E-state index is 5.69. The average molecular weight is 273 g/mol. The summed E-state index contributed by atoms with van der Waals surface area (Å²) in [7, 11) is 1.65. The molecule has 0 spiro atoms. The van der Waals surface area contributed by atoms with Gasteiger partial charge < -0.3 is 15.2 Å². The van der Waals surface area contributed by atoms with Crippen molar-refractivity contribution in [3.8, 4) is 11.5 Å². The summed E-state index contributed by atoms with van der Waals surface area (Å²) in [6.07, 6.45) is 0. The first-order valence-corrected chi connectivity index (χ1v) is 6.25. The third kappa shape index (κ3) is 3.69. The first-order valence-electron chi connectivity index (χ1n) is 5.84. The Bertz CT molecular complexity index is 567. The van der Waals surface area contributed by atoms with Crippen LogP contribution >= 0.6 is 12.2 Å². The van der Waals surface area contributed by atoms with Gasteiger partial charge in [0.15, 0.2) is 0 Å². The van der Waals surface area contributed by atoms with Gasteiger partial charge in [-0.3, -0.25) is 0 Å². The van der Waals surface area contributed by atoms with Gasteiger partial charge >= 0.3 is 0 Å². The van der Waals surface area contributed by atoms with Gasteiger partial charge in [0.05, 0.1) is 7.11 Å². The van der Waals surface area contributed by atoms with Gasteiger partial charge in [-0.1, -0.05) is 24.4 Å². The summed E-state index contributed by atoms with van der Waals surface area (Å²) >= 11 is 4.90. The van der Waals surface area contributed by atoms with Crippen molar-refractivity contribution in [2.45, 2.75) is 6.61 Å². The molecule has 2 aromatic rings. The second-order valence-electron chi connectivity index (χ2n) is 4.03. The zero-order valence-corrected chi connectivity index (χ0v) is 11.4. The van der Waals surface area contributed by atoms with Crippen LogP contribution < -0.4 is 15.2 Å². The lowest BCUT2D eigenvalue weighted by Gasteiger charge is -2.08. The summed E-state index contributed by atoms with van der Waals surface area (Å²) in [4.78, 5) is 0.388. The second kappa shape index (κ2) is 6.20. The summed E-state index contributed by atoms with van der Waals surface area (Å²) in [6, 6.07) is 15.2. The fraction of sp³-hybridized carbons (Fsp3) is 0.133. The van der Waals surface area contributed by atoms with Gasteiger partial charge in [0, 0.05) is 5.56 Å². The third-order valence-electron chi connectivity index (χ3n) is 2.68. The summed E-state index contributed by atoms with van der Waals surface area (Å²) in [5.41, 5.74) is 7.43. The number of nitrogens with two attached hydrogens (primary N) is 1. The molecule has 0 heterocycles. The molecular weight excluding hydrogens is 258 g/mol. The van der Waals surface area contributed by atoms with Crippen molar-refractivity contribution in [1.82, 2.24) is 0 Å². The molecule has 0 aliphatic carbocycles. The van der Waals surface area contributed by atoms with E-state index in [4.69, 9.17) is 27.4 Å². The molecule has 0 saturated heterocycles. The molecule has 2 aromatic carbocycles. The smallest absolute Gasteiger partial charge is 0.119 e. The van der Waals surface area contributed by atoms with Gasteiger partial charge in [-0.05, 0) is 42.0 Å². The number of hydrogen-bond acceptors (Lipinski definition) is 3. The lowest BCUT2D eigenvalue weighted by molar-refractivity contribution is 0.305. The molecule has 0 aliphatic heterocycles. The first kappa shape index (κ1) is 13.4. The standard InChI is InChI=1S/C15H15NO2S/c1-17-14-4-2-3-11(9-14)10-18-13-7-5-12(6-8-13)15(16)19/h2-9H,10H2,1H3,(H2,16,19). The molecule has 0 fully saturated rings. The number of thiocarbonyl (C=S) groups is 1. The Morgan fingerprint density at radius 2 is 1.84 bits per heavy atom. The summed E-state index contributed by atoms with van der Waals surface area (Å²) in [5, 5.41) is 0. The van der Waals surface area contributed by atoms with Gasteiger partial charge in [0.2, 0.25) is 0 Å². The van der Waals surface area contributed by atoms with Crippen LogP contribution in [0.2, 0.25) is 0 Å². The molecule has 0 bridgehead atoms. The van der Waals surface area contributed by atoms with E-state index in [0.29, 0.717) is 11.6 Å². The zero-order chi connectivity index (χ0) is 13.7. The van der Waals surface area contributed by atoms with Gasteiger partial charge in [0.25, 0.3) is 0 Å². The molecule has 2 rings (SSSR count). The Morgan fingerprint density at radius 1 is 1.11 bits per heavy atom. The maximum atomic E-state index is 5.69. The van der Waals surface area contributed by atoms with Crippen LogP contribution in [-0.2, 0) is 6.61 Å². The molecule has 0 unspecified atom stereocenters. The fourth-order valence-electron chi connectivity index (χ4n) is 1.64. The second-order valence-corrected chi connectivity index (χ2v) is 4.47. The van der Waals surface area contributed by atoms with Gasteiger partial charge in [0.1, 0.15) is 23.1 Å². The lowest BCUT2D eigenvalue weighted by atomic mass is 10.2. The minimum Gasteiger partial charge on any atom is -0.497 e. The van der Waals surface area contributed by atoms with E-state index in [1.165, 1.54) is 0 Å². The summed E-state index contributed by atoms with van der Waals surface area (Å²) < 4.78 is 10.9. The Balaban J connectivity index is 1.99. The zero-order valence-electron chi connectivity index (χ0n) is 10.6. The average Bonchev–Trinajstić information content (AvgIpc) is 2.46. The topological polar surface area (TPSA) is 44.5 Å². The molecular formula is C15H15NO2S. The highest BCUT2D eigenvalue weighted by atomic mass is 32.1. The number of ether oxygens (including phenoxy) is 2. The molecule has 4 heteroatoms. The largest absolute Gasteiger partial charge is 0.497 e. The Hall–Kier alpha value is -2.07. The molecule has 2 N–H and O–H groups in total. The van der Waals surface area contributed by atoms with Gasteiger partial charge in [-0.25, -0.2) is 0 Å². The molecule has 0 saturated carbocycles. The number of hydrogen-bond donors (Lipinski definition) is 1. The minimum atomic E-state index is 0.388. The van der Waals surface area contributed by atoms with E-state index >= 15 is 0 Å². The van der Waals surface area contributed by atoms with E-state index in [1.54, 1.807) is 7.11 Å². The van der Waals surface area contributed by atoms with E-state index in [2.05, 4.69) is 0 Å². The SMILES string of the molecule is COc1cccc(COc2ccc(C(N)=S)cc2)c1. The highest BCUT2D eigenvalue weighted by Gasteiger charge is 2.00.